The number of hydrogen-bond donors (Lipinski definition) is 2. The first kappa shape index (κ1) is 15.2. The van der Waals surface area contributed by atoms with Gasteiger partial charge in [-0.2, -0.15) is 13.2 Å². The maximum atomic E-state index is 13.3. The molecule has 20 heavy (non-hydrogen) atoms. The van der Waals surface area contributed by atoms with Gasteiger partial charge in [0.15, 0.2) is 5.41 Å². The lowest BCUT2D eigenvalue weighted by Gasteiger charge is -2.33. The van der Waals surface area contributed by atoms with Crippen LogP contribution >= 0.6 is 11.3 Å². The second-order valence-electron chi connectivity index (χ2n) is 5.42. The van der Waals surface area contributed by atoms with Gasteiger partial charge in [0.25, 0.3) is 0 Å². The lowest BCUT2D eigenvalue weighted by Crippen LogP contribution is -2.56. The van der Waals surface area contributed by atoms with Crippen molar-refractivity contribution in [3.8, 4) is 0 Å². The number of alkyl halides is 3. The Morgan fingerprint density at radius 1 is 1.50 bits per heavy atom. The number of hydrogen-bond acceptors (Lipinski definition) is 4. The van der Waals surface area contributed by atoms with Gasteiger partial charge < -0.3 is 10.6 Å². The molecule has 0 spiro atoms. The molecular formula is C12H16F3N3OS. The Bertz CT molecular complexity index is 479. The minimum atomic E-state index is -4.57. The molecule has 4 nitrogen and oxygen atoms in total. The smallest absolute Gasteiger partial charge is 0.344 e. The van der Waals surface area contributed by atoms with E-state index in [4.69, 9.17) is 0 Å². The van der Waals surface area contributed by atoms with Crippen LogP contribution in [0, 0.1) is 5.41 Å². The molecule has 0 aliphatic carbocycles. The summed E-state index contributed by atoms with van der Waals surface area (Å²) in [6.07, 6.45) is -3.25. The van der Waals surface area contributed by atoms with Gasteiger partial charge in [-0.15, -0.1) is 11.3 Å². The van der Waals surface area contributed by atoms with Crippen LogP contribution in [0.4, 0.5) is 13.2 Å². The molecule has 1 aromatic heterocycles. The molecule has 2 N–H and O–H groups in total. The Balaban J connectivity index is 2.22. The summed E-state index contributed by atoms with van der Waals surface area (Å²) >= 11 is 1.30. The van der Waals surface area contributed by atoms with E-state index in [1.165, 1.54) is 11.3 Å². The summed E-state index contributed by atoms with van der Waals surface area (Å²) in [7, 11) is 0. The SMILES string of the molecule is CC(C)(NC(=O)C1(C(F)(F)F)CCNC1)c1nccs1. The molecule has 1 aromatic rings. The van der Waals surface area contributed by atoms with Crippen molar-refractivity contribution in [3.63, 3.8) is 0 Å². The zero-order valence-electron chi connectivity index (χ0n) is 11.2. The van der Waals surface area contributed by atoms with E-state index in [1.807, 2.05) is 0 Å². The summed E-state index contributed by atoms with van der Waals surface area (Å²) in [5.41, 5.74) is -3.27. The van der Waals surface area contributed by atoms with E-state index >= 15 is 0 Å². The zero-order valence-corrected chi connectivity index (χ0v) is 12.0. The molecule has 1 unspecified atom stereocenters. The lowest BCUT2D eigenvalue weighted by molar-refractivity contribution is -0.216. The molecule has 2 rings (SSSR count). The molecule has 1 atom stereocenters. The highest BCUT2D eigenvalue weighted by atomic mass is 32.1. The highest BCUT2D eigenvalue weighted by Crippen LogP contribution is 2.43. The largest absolute Gasteiger partial charge is 0.404 e. The van der Waals surface area contributed by atoms with Crippen molar-refractivity contribution in [2.24, 2.45) is 5.41 Å². The van der Waals surface area contributed by atoms with Crippen molar-refractivity contribution in [1.82, 2.24) is 15.6 Å². The van der Waals surface area contributed by atoms with Gasteiger partial charge in [-0.25, -0.2) is 4.98 Å². The van der Waals surface area contributed by atoms with Gasteiger partial charge >= 0.3 is 6.18 Å². The van der Waals surface area contributed by atoms with Crippen LogP contribution in [0.15, 0.2) is 11.6 Å². The quantitative estimate of drug-likeness (QED) is 0.898. The Morgan fingerprint density at radius 2 is 2.20 bits per heavy atom. The molecule has 1 aliphatic rings. The minimum Gasteiger partial charge on any atom is -0.344 e. The average Bonchev–Trinajstić information content (AvgIpc) is 3.00. The molecule has 1 fully saturated rings. The third-order valence-electron chi connectivity index (χ3n) is 3.53. The number of nitrogens with one attached hydrogen (secondary N) is 2. The molecule has 2 heterocycles. The molecule has 0 aromatic carbocycles. The van der Waals surface area contributed by atoms with Gasteiger partial charge in [0.2, 0.25) is 5.91 Å². The van der Waals surface area contributed by atoms with E-state index < -0.39 is 23.0 Å². The summed E-state index contributed by atoms with van der Waals surface area (Å²) in [5.74, 6) is -0.991. The summed E-state index contributed by atoms with van der Waals surface area (Å²) in [5, 5.41) is 7.42. The van der Waals surface area contributed by atoms with Crippen LogP contribution in [0.2, 0.25) is 0 Å². The van der Waals surface area contributed by atoms with E-state index in [0.717, 1.165) is 0 Å². The number of nitrogens with zero attached hydrogens (tertiary/aromatic N) is 1. The molecule has 0 bridgehead atoms. The second kappa shape index (κ2) is 5.00. The van der Waals surface area contributed by atoms with Gasteiger partial charge in [-0.3, -0.25) is 4.79 Å². The van der Waals surface area contributed by atoms with E-state index in [0.29, 0.717) is 5.01 Å². The fraction of sp³-hybridized carbons (Fsp3) is 0.667. The molecule has 1 saturated heterocycles. The molecule has 1 amide bonds. The van der Waals surface area contributed by atoms with Crippen LogP contribution in [0.25, 0.3) is 0 Å². The van der Waals surface area contributed by atoms with Gasteiger partial charge in [-0.1, -0.05) is 0 Å². The van der Waals surface area contributed by atoms with Gasteiger partial charge in [0.1, 0.15) is 5.01 Å². The van der Waals surface area contributed by atoms with Crippen molar-refractivity contribution in [2.75, 3.05) is 13.1 Å². The fourth-order valence-corrected chi connectivity index (χ4v) is 2.96. The van der Waals surface area contributed by atoms with E-state index in [2.05, 4.69) is 15.6 Å². The maximum absolute atomic E-state index is 13.3. The Morgan fingerprint density at radius 3 is 2.65 bits per heavy atom. The van der Waals surface area contributed by atoms with Crippen LogP contribution in [0.1, 0.15) is 25.3 Å². The molecule has 8 heteroatoms. The Kier molecular flexibility index (Phi) is 3.81. The first-order chi connectivity index (χ1) is 9.19. The summed E-state index contributed by atoms with van der Waals surface area (Å²) < 4.78 is 39.8. The lowest BCUT2D eigenvalue weighted by atomic mass is 9.84. The first-order valence-corrected chi connectivity index (χ1v) is 7.07. The van der Waals surface area contributed by atoms with Gasteiger partial charge in [0, 0.05) is 18.1 Å². The summed E-state index contributed by atoms with van der Waals surface area (Å²) in [6, 6.07) is 0. The molecule has 0 saturated carbocycles. The topological polar surface area (TPSA) is 54.0 Å². The number of carbonyl (C=O) groups excluding carboxylic acids is 1. The van der Waals surface area contributed by atoms with Crippen molar-refractivity contribution < 1.29 is 18.0 Å². The Hall–Kier alpha value is -1.15. The fourth-order valence-electron chi connectivity index (χ4n) is 2.25. The number of rotatable bonds is 3. The number of thiazole rings is 1. The number of carbonyl (C=O) groups is 1. The minimum absolute atomic E-state index is 0.185. The third-order valence-corrected chi connectivity index (χ3v) is 4.62. The van der Waals surface area contributed by atoms with Gasteiger partial charge in [0.05, 0.1) is 5.54 Å². The van der Waals surface area contributed by atoms with Crippen LogP contribution in [-0.2, 0) is 10.3 Å². The highest BCUT2D eigenvalue weighted by molar-refractivity contribution is 7.09. The maximum Gasteiger partial charge on any atom is 0.404 e. The van der Waals surface area contributed by atoms with Gasteiger partial charge in [-0.05, 0) is 26.8 Å². The predicted molar refractivity (Wildman–Crippen MR) is 69.3 cm³/mol. The van der Waals surface area contributed by atoms with Crippen LogP contribution in [0.5, 0.6) is 0 Å². The normalized spacial score (nSPS) is 23.9. The average molecular weight is 307 g/mol. The second-order valence-corrected chi connectivity index (χ2v) is 6.32. The van der Waals surface area contributed by atoms with E-state index in [1.54, 1.807) is 25.4 Å². The molecule has 112 valence electrons. The molecule has 1 aliphatic heterocycles. The standard InChI is InChI=1S/C12H16F3N3OS/c1-10(2,9-17-5-6-20-9)18-8(19)11(12(13,14)15)3-4-16-7-11/h5-6,16H,3-4,7H2,1-2H3,(H,18,19). The molecular weight excluding hydrogens is 291 g/mol. The van der Waals surface area contributed by atoms with E-state index in [-0.39, 0.29) is 19.5 Å². The van der Waals surface area contributed by atoms with Crippen molar-refractivity contribution >= 4 is 17.2 Å². The number of halogens is 3. The Labute approximate surface area is 118 Å². The van der Waals surface area contributed by atoms with Crippen LogP contribution in [-0.4, -0.2) is 30.2 Å². The first-order valence-electron chi connectivity index (χ1n) is 6.19. The van der Waals surface area contributed by atoms with Crippen molar-refractivity contribution in [2.45, 2.75) is 32.0 Å². The monoisotopic (exact) mass is 307 g/mol. The molecule has 0 radical (unpaired) electrons. The van der Waals surface area contributed by atoms with Crippen molar-refractivity contribution in [3.05, 3.63) is 16.6 Å². The number of aromatic nitrogens is 1. The zero-order chi connectivity index (χ0) is 15.0. The van der Waals surface area contributed by atoms with Crippen molar-refractivity contribution in [1.29, 1.82) is 0 Å². The third kappa shape index (κ3) is 2.54. The van der Waals surface area contributed by atoms with Crippen LogP contribution < -0.4 is 10.6 Å². The predicted octanol–water partition coefficient (Wildman–Crippen LogP) is 2.04. The van der Waals surface area contributed by atoms with Crippen LogP contribution in [0.3, 0.4) is 0 Å². The van der Waals surface area contributed by atoms with E-state index in [9.17, 15) is 18.0 Å². The number of amides is 1. The summed E-state index contributed by atoms with van der Waals surface area (Å²) in [6.45, 7) is 3.10. The highest BCUT2D eigenvalue weighted by Gasteiger charge is 2.61. The summed E-state index contributed by atoms with van der Waals surface area (Å²) in [4.78, 5) is 16.3.